The highest BCUT2D eigenvalue weighted by Gasteiger charge is 2.39. The Labute approximate surface area is 191 Å². The maximum atomic E-state index is 13.3. The molecule has 2 unspecified atom stereocenters. The lowest BCUT2D eigenvalue weighted by Gasteiger charge is -2.40. The second-order valence-corrected chi connectivity index (χ2v) is 8.13. The minimum Gasteiger partial charge on any atom is -0.352 e. The van der Waals surface area contributed by atoms with E-state index in [2.05, 4.69) is 5.32 Å². The Morgan fingerprint density at radius 3 is 2.09 bits per heavy atom. The van der Waals surface area contributed by atoms with Gasteiger partial charge in [-0.05, 0) is 43.0 Å². The van der Waals surface area contributed by atoms with E-state index in [0.717, 1.165) is 5.56 Å². The third-order valence-corrected chi connectivity index (χ3v) is 5.68. The standard InChI is InChI=1S/C23H23F6N3O2/c24-22(25,26)16-9-15(10-17(11-16)23(27,28)29)21(34)32-7-6-18(31-20(33)13-30)12-19(32)8-14-4-2-1-3-5-14/h1-5,9-11,18-19H,6-8,12-13,30H2,(H,31,33). The Balaban J connectivity index is 1.95. The molecule has 34 heavy (non-hydrogen) atoms. The monoisotopic (exact) mass is 487 g/mol. The van der Waals surface area contributed by atoms with Gasteiger partial charge in [-0.25, -0.2) is 0 Å². The van der Waals surface area contributed by atoms with Crippen molar-refractivity contribution in [3.8, 4) is 0 Å². The van der Waals surface area contributed by atoms with Gasteiger partial charge in [-0.2, -0.15) is 26.3 Å². The molecule has 3 rings (SSSR count). The molecule has 3 N–H and O–H groups in total. The van der Waals surface area contributed by atoms with Gasteiger partial charge in [0.1, 0.15) is 0 Å². The van der Waals surface area contributed by atoms with Gasteiger partial charge in [0.05, 0.1) is 17.7 Å². The molecular weight excluding hydrogens is 464 g/mol. The molecule has 0 aromatic heterocycles. The topological polar surface area (TPSA) is 75.4 Å². The molecule has 2 atom stereocenters. The number of nitrogens with one attached hydrogen (secondary N) is 1. The molecular formula is C23H23F6N3O2. The van der Waals surface area contributed by atoms with Crippen molar-refractivity contribution >= 4 is 11.8 Å². The van der Waals surface area contributed by atoms with Crippen molar-refractivity contribution < 1.29 is 35.9 Å². The second kappa shape index (κ2) is 10.0. The normalized spacial score (nSPS) is 19.1. The summed E-state index contributed by atoms with van der Waals surface area (Å²) < 4.78 is 79.6. The molecule has 1 saturated heterocycles. The molecule has 2 amide bonds. The van der Waals surface area contributed by atoms with Gasteiger partial charge in [0.2, 0.25) is 5.91 Å². The Morgan fingerprint density at radius 2 is 1.56 bits per heavy atom. The minimum absolute atomic E-state index is 0.00713. The molecule has 11 heteroatoms. The van der Waals surface area contributed by atoms with Gasteiger partial charge in [-0.1, -0.05) is 30.3 Å². The van der Waals surface area contributed by atoms with Gasteiger partial charge in [0, 0.05) is 24.2 Å². The predicted octanol–water partition coefficient (Wildman–Crippen LogP) is 4.02. The zero-order chi connectivity index (χ0) is 25.1. The lowest BCUT2D eigenvalue weighted by molar-refractivity contribution is -0.143. The average molecular weight is 487 g/mol. The van der Waals surface area contributed by atoms with Crippen molar-refractivity contribution in [3.05, 3.63) is 70.8 Å². The molecule has 0 spiro atoms. The number of amides is 2. The van der Waals surface area contributed by atoms with Crippen molar-refractivity contribution in [2.45, 2.75) is 43.7 Å². The van der Waals surface area contributed by atoms with Crippen LogP contribution in [-0.4, -0.2) is 41.9 Å². The van der Waals surface area contributed by atoms with Crippen molar-refractivity contribution in [3.63, 3.8) is 0 Å². The van der Waals surface area contributed by atoms with Crippen LogP contribution in [0, 0.1) is 0 Å². The molecule has 1 fully saturated rings. The molecule has 2 aromatic rings. The van der Waals surface area contributed by atoms with Crippen LogP contribution in [0.3, 0.4) is 0 Å². The Morgan fingerprint density at radius 1 is 0.971 bits per heavy atom. The van der Waals surface area contributed by atoms with E-state index in [-0.39, 0.29) is 38.0 Å². The number of benzene rings is 2. The summed E-state index contributed by atoms with van der Waals surface area (Å²) in [6, 6.07) is 8.94. The number of hydrogen-bond donors (Lipinski definition) is 2. The zero-order valence-corrected chi connectivity index (χ0v) is 17.9. The molecule has 0 aliphatic carbocycles. The summed E-state index contributed by atoms with van der Waals surface area (Å²) in [5.41, 5.74) is 2.38. The molecule has 0 bridgehead atoms. The second-order valence-electron chi connectivity index (χ2n) is 8.13. The molecule has 1 aliphatic heterocycles. The lowest BCUT2D eigenvalue weighted by Crippen LogP contribution is -2.53. The fourth-order valence-corrected chi connectivity index (χ4v) is 4.06. The molecule has 1 heterocycles. The molecule has 0 saturated carbocycles. The van der Waals surface area contributed by atoms with Crippen LogP contribution in [0.15, 0.2) is 48.5 Å². The first kappa shape index (κ1) is 25.5. The predicted molar refractivity (Wildman–Crippen MR) is 112 cm³/mol. The fraction of sp³-hybridized carbons (Fsp3) is 0.391. The summed E-state index contributed by atoms with van der Waals surface area (Å²) in [6.07, 6.45) is -9.24. The lowest BCUT2D eigenvalue weighted by atomic mass is 9.91. The smallest absolute Gasteiger partial charge is 0.352 e. The van der Waals surface area contributed by atoms with Gasteiger partial charge >= 0.3 is 12.4 Å². The van der Waals surface area contributed by atoms with Crippen molar-refractivity contribution in [2.75, 3.05) is 13.1 Å². The van der Waals surface area contributed by atoms with Crippen LogP contribution in [0.5, 0.6) is 0 Å². The minimum atomic E-state index is -5.06. The van der Waals surface area contributed by atoms with E-state index in [1.54, 1.807) is 30.3 Å². The van der Waals surface area contributed by atoms with Crippen LogP contribution >= 0.6 is 0 Å². The Hall–Kier alpha value is -3.08. The van der Waals surface area contributed by atoms with Crippen molar-refractivity contribution in [2.24, 2.45) is 5.73 Å². The number of halogens is 6. The summed E-state index contributed by atoms with van der Waals surface area (Å²) in [4.78, 5) is 26.2. The largest absolute Gasteiger partial charge is 0.416 e. The van der Waals surface area contributed by atoms with E-state index in [4.69, 9.17) is 5.73 Å². The van der Waals surface area contributed by atoms with E-state index in [9.17, 15) is 35.9 Å². The van der Waals surface area contributed by atoms with Crippen molar-refractivity contribution in [1.82, 2.24) is 10.2 Å². The number of rotatable bonds is 5. The van der Waals surface area contributed by atoms with Crippen LogP contribution in [-0.2, 0) is 23.6 Å². The third-order valence-electron chi connectivity index (χ3n) is 5.68. The van der Waals surface area contributed by atoms with Gasteiger partial charge in [-0.3, -0.25) is 9.59 Å². The first-order valence-electron chi connectivity index (χ1n) is 10.5. The van der Waals surface area contributed by atoms with E-state index in [0.29, 0.717) is 18.6 Å². The maximum absolute atomic E-state index is 13.3. The molecule has 184 valence electrons. The van der Waals surface area contributed by atoms with E-state index in [1.165, 1.54) is 4.90 Å². The highest BCUT2D eigenvalue weighted by Crippen LogP contribution is 2.37. The Bertz CT molecular complexity index is 991. The van der Waals surface area contributed by atoms with Gasteiger partial charge in [-0.15, -0.1) is 0 Å². The number of carbonyl (C=O) groups excluding carboxylic acids is 2. The highest BCUT2D eigenvalue weighted by molar-refractivity contribution is 5.95. The van der Waals surface area contributed by atoms with Gasteiger partial charge in [0.25, 0.3) is 5.91 Å². The van der Waals surface area contributed by atoms with Crippen LogP contribution in [0.1, 0.15) is 39.9 Å². The van der Waals surface area contributed by atoms with E-state index < -0.39 is 46.9 Å². The zero-order valence-electron chi connectivity index (χ0n) is 17.9. The maximum Gasteiger partial charge on any atom is 0.416 e. The van der Waals surface area contributed by atoms with Crippen LogP contribution in [0.4, 0.5) is 26.3 Å². The number of nitrogens with two attached hydrogens (primary N) is 1. The summed E-state index contributed by atoms with van der Waals surface area (Å²) in [5, 5.41) is 2.74. The molecule has 1 aliphatic rings. The molecule has 0 radical (unpaired) electrons. The SMILES string of the molecule is NCC(=O)NC1CCN(C(=O)c2cc(C(F)(F)F)cc(C(F)(F)F)c2)C(Cc2ccccc2)C1. The van der Waals surface area contributed by atoms with Crippen LogP contribution < -0.4 is 11.1 Å². The first-order valence-corrected chi connectivity index (χ1v) is 10.5. The highest BCUT2D eigenvalue weighted by atomic mass is 19.4. The number of likely N-dealkylation sites (tertiary alicyclic amines) is 1. The van der Waals surface area contributed by atoms with Crippen molar-refractivity contribution in [1.29, 1.82) is 0 Å². The third kappa shape index (κ3) is 6.28. The summed E-state index contributed by atoms with van der Waals surface area (Å²) in [5.74, 6) is -1.32. The summed E-state index contributed by atoms with van der Waals surface area (Å²) in [6.45, 7) is -0.184. The summed E-state index contributed by atoms with van der Waals surface area (Å²) in [7, 11) is 0. The number of piperidine rings is 1. The number of carbonyl (C=O) groups is 2. The fourth-order valence-electron chi connectivity index (χ4n) is 4.06. The first-order chi connectivity index (χ1) is 15.9. The number of alkyl halides is 6. The number of nitrogens with zero attached hydrogens (tertiary/aromatic N) is 1. The quantitative estimate of drug-likeness (QED) is 0.626. The van der Waals surface area contributed by atoms with E-state index >= 15 is 0 Å². The van der Waals surface area contributed by atoms with Gasteiger partial charge in [0.15, 0.2) is 0 Å². The Kier molecular flexibility index (Phi) is 7.54. The van der Waals surface area contributed by atoms with Gasteiger partial charge < -0.3 is 16.0 Å². The van der Waals surface area contributed by atoms with Crippen LogP contribution in [0.25, 0.3) is 0 Å². The number of hydrogen-bond acceptors (Lipinski definition) is 3. The average Bonchev–Trinajstić information content (AvgIpc) is 2.78. The summed E-state index contributed by atoms with van der Waals surface area (Å²) >= 11 is 0. The molecule has 5 nitrogen and oxygen atoms in total. The molecule has 2 aromatic carbocycles. The van der Waals surface area contributed by atoms with Crippen LogP contribution in [0.2, 0.25) is 0 Å². The van der Waals surface area contributed by atoms with E-state index in [1.807, 2.05) is 0 Å².